The predicted octanol–water partition coefficient (Wildman–Crippen LogP) is 2.22. The second kappa shape index (κ2) is 10.5. The highest BCUT2D eigenvalue weighted by Gasteiger charge is 2.11. The fraction of sp³-hybridized carbons (Fsp3) is 0.556. The van der Waals surface area contributed by atoms with Crippen molar-refractivity contribution in [2.75, 3.05) is 26.7 Å². The molecule has 0 radical (unpaired) electrons. The standard InChI is InChI=1S/C18H29FN4O2/c1-6-20-18(22-10-9-21-17(24)12(2)3)23-13(4)14-7-8-16(25-5)15(19)11-14/h7-8,11-13H,6,9-10H2,1-5H3,(H,21,24)(H2,20,22,23). The SMILES string of the molecule is CCNC(=NCCNC(=O)C(C)C)NC(C)c1ccc(OC)c(F)c1. The molecule has 140 valence electrons. The minimum Gasteiger partial charge on any atom is -0.494 e. The van der Waals surface area contributed by atoms with E-state index in [4.69, 9.17) is 4.74 Å². The summed E-state index contributed by atoms with van der Waals surface area (Å²) in [7, 11) is 1.44. The smallest absolute Gasteiger partial charge is 0.222 e. The number of hydrogen-bond donors (Lipinski definition) is 3. The van der Waals surface area contributed by atoms with Gasteiger partial charge in [-0.15, -0.1) is 0 Å². The lowest BCUT2D eigenvalue weighted by molar-refractivity contribution is -0.123. The molecule has 0 bridgehead atoms. The molecule has 1 unspecified atom stereocenters. The van der Waals surface area contributed by atoms with E-state index in [2.05, 4.69) is 20.9 Å². The van der Waals surface area contributed by atoms with Crippen molar-refractivity contribution in [2.24, 2.45) is 10.9 Å². The van der Waals surface area contributed by atoms with Gasteiger partial charge < -0.3 is 20.7 Å². The van der Waals surface area contributed by atoms with E-state index in [9.17, 15) is 9.18 Å². The van der Waals surface area contributed by atoms with Crippen molar-refractivity contribution < 1.29 is 13.9 Å². The number of rotatable bonds is 8. The van der Waals surface area contributed by atoms with Gasteiger partial charge in [-0.1, -0.05) is 19.9 Å². The third-order valence-corrected chi connectivity index (χ3v) is 3.58. The van der Waals surface area contributed by atoms with Gasteiger partial charge in [0.2, 0.25) is 5.91 Å². The zero-order valence-electron chi connectivity index (χ0n) is 15.6. The van der Waals surface area contributed by atoms with E-state index in [1.807, 2.05) is 33.8 Å². The van der Waals surface area contributed by atoms with E-state index in [0.29, 0.717) is 25.6 Å². The molecule has 0 aromatic heterocycles. The number of nitrogens with zero attached hydrogens (tertiary/aromatic N) is 1. The Labute approximate surface area is 149 Å². The molecule has 1 aromatic carbocycles. The van der Waals surface area contributed by atoms with Crippen molar-refractivity contribution in [1.29, 1.82) is 0 Å². The van der Waals surface area contributed by atoms with Gasteiger partial charge in [0.25, 0.3) is 0 Å². The summed E-state index contributed by atoms with van der Waals surface area (Å²) in [5, 5.41) is 9.19. The zero-order valence-corrected chi connectivity index (χ0v) is 15.6. The number of carbonyl (C=O) groups excluding carboxylic acids is 1. The molecule has 0 aliphatic heterocycles. The maximum absolute atomic E-state index is 13.8. The molecule has 0 fully saturated rings. The highest BCUT2D eigenvalue weighted by Crippen LogP contribution is 2.21. The molecule has 0 aliphatic carbocycles. The van der Waals surface area contributed by atoms with E-state index in [1.54, 1.807) is 6.07 Å². The number of aliphatic imine (C=N–C) groups is 1. The Morgan fingerprint density at radius 1 is 1.28 bits per heavy atom. The Morgan fingerprint density at radius 2 is 2.00 bits per heavy atom. The van der Waals surface area contributed by atoms with Crippen molar-refractivity contribution in [2.45, 2.75) is 33.7 Å². The number of halogens is 1. The van der Waals surface area contributed by atoms with Crippen LogP contribution in [0.1, 0.15) is 39.3 Å². The van der Waals surface area contributed by atoms with Crippen LogP contribution in [0.15, 0.2) is 23.2 Å². The molecule has 0 saturated carbocycles. The Kier molecular flexibility index (Phi) is 8.74. The van der Waals surface area contributed by atoms with Gasteiger partial charge in [-0.3, -0.25) is 9.79 Å². The van der Waals surface area contributed by atoms with Crippen LogP contribution in [-0.2, 0) is 4.79 Å². The molecular formula is C18H29FN4O2. The van der Waals surface area contributed by atoms with Gasteiger partial charge in [0.1, 0.15) is 0 Å². The summed E-state index contributed by atoms with van der Waals surface area (Å²) in [6.07, 6.45) is 0. The lowest BCUT2D eigenvalue weighted by Gasteiger charge is -2.19. The average molecular weight is 352 g/mol. The Morgan fingerprint density at radius 3 is 2.56 bits per heavy atom. The topological polar surface area (TPSA) is 74.8 Å². The van der Waals surface area contributed by atoms with Crippen molar-refractivity contribution in [3.63, 3.8) is 0 Å². The molecular weight excluding hydrogens is 323 g/mol. The van der Waals surface area contributed by atoms with Crippen LogP contribution in [0.25, 0.3) is 0 Å². The zero-order chi connectivity index (χ0) is 18.8. The highest BCUT2D eigenvalue weighted by atomic mass is 19.1. The quantitative estimate of drug-likeness (QED) is 0.381. The van der Waals surface area contributed by atoms with Gasteiger partial charge in [0.15, 0.2) is 17.5 Å². The molecule has 25 heavy (non-hydrogen) atoms. The summed E-state index contributed by atoms with van der Waals surface area (Å²) in [4.78, 5) is 16.0. The van der Waals surface area contributed by atoms with Gasteiger partial charge in [-0.25, -0.2) is 4.39 Å². The molecule has 6 nitrogen and oxygen atoms in total. The fourth-order valence-corrected chi connectivity index (χ4v) is 2.11. The number of methoxy groups -OCH3 is 1. The number of nitrogens with one attached hydrogen (secondary N) is 3. The van der Waals surface area contributed by atoms with E-state index in [1.165, 1.54) is 13.2 Å². The third kappa shape index (κ3) is 6.99. The predicted molar refractivity (Wildman–Crippen MR) is 98.3 cm³/mol. The monoisotopic (exact) mass is 352 g/mol. The summed E-state index contributed by atoms with van der Waals surface area (Å²) in [6, 6.07) is 4.73. The van der Waals surface area contributed by atoms with Crippen LogP contribution in [0.5, 0.6) is 5.75 Å². The van der Waals surface area contributed by atoms with Crippen molar-refractivity contribution >= 4 is 11.9 Å². The Bertz CT molecular complexity index is 590. The van der Waals surface area contributed by atoms with Crippen LogP contribution in [0, 0.1) is 11.7 Å². The lowest BCUT2D eigenvalue weighted by Crippen LogP contribution is -2.39. The van der Waals surface area contributed by atoms with Crippen LogP contribution in [0.2, 0.25) is 0 Å². The minimum atomic E-state index is -0.396. The lowest BCUT2D eigenvalue weighted by atomic mass is 10.1. The molecule has 1 atom stereocenters. The first kappa shape index (κ1) is 20.7. The maximum atomic E-state index is 13.8. The second-order valence-corrected chi connectivity index (χ2v) is 5.97. The first-order valence-corrected chi connectivity index (χ1v) is 8.55. The van der Waals surface area contributed by atoms with Gasteiger partial charge in [-0.05, 0) is 31.5 Å². The van der Waals surface area contributed by atoms with Crippen LogP contribution in [0.4, 0.5) is 4.39 Å². The number of amides is 1. The van der Waals surface area contributed by atoms with Crippen molar-refractivity contribution in [3.05, 3.63) is 29.6 Å². The number of hydrogen-bond acceptors (Lipinski definition) is 3. The molecule has 0 aliphatic rings. The molecule has 7 heteroatoms. The number of guanidine groups is 1. The summed E-state index contributed by atoms with van der Waals surface area (Å²) < 4.78 is 18.8. The maximum Gasteiger partial charge on any atom is 0.222 e. The second-order valence-electron chi connectivity index (χ2n) is 5.97. The number of benzene rings is 1. The normalized spacial score (nSPS) is 12.7. The summed E-state index contributed by atoms with van der Waals surface area (Å²) >= 11 is 0. The van der Waals surface area contributed by atoms with Crippen LogP contribution < -0.4 is 20.7 Å². The number of ether oxygens (including phenoxy) is 1. The Hall–Kier alpha value is -2.31. The van der Waals surface area contributed by atoms with E-state index < -0.39 is 5.82 Å². The van der Waals surface area contributed by atoms with E-state index >= 15 is 0 Å². The van der Waals surface area contributed by atoms with Gasteiger partial charge in [0, 0.05) is 19.0 Å². The first-order valence-electron chi connectivity index (χ1n) is 8.55. The first-order chi connectivity index (χ1) is 11.9. The largest absolute Gasteiger partial charge is 0.494 e. The minimum absolute atomic E-state index is 0.00948. The van der Waals surface area contributed by atoms with Gasteiger partial charge >= 0.3 is 0 Å². The fourth-order valence-electron chi connectivity index (χ4n) is 2.11. The molecule has 1 aromatic rings. The molecule has 1 amide bonds. The summed E-state index contributed by atoms with van der Waals surface area (Å²) in [6.45, 7) is 9.22. The molecule has 0 spiro atoms. The molecule has 0 saturated heterocycles. The molecule has 0 heterocycles. The van der Waals surface area contributed by atoms with E-state index in [-0.39, 0.29) is 23.6 Å². The van der Waals surface area contributed by atoms with Crippen molar-refractivity contribution in [1.82, 2.24) is 16.0 Å². The van der Waals surface area contributed by atoms with Gasteiger partial charge in [-0.2, -0.15) is 0 Å². The Balaban J connectivity index is 2.65. The van der Waals surface area contributed by atoms with Crippen molar-refractivity contribution in [3.8, 4) is 5.75 Å². The average Bonchev–Trinajstić information content (AvgIpc) is 2.58. The summed E-state index contributed by atoms with van der Waals surface area (Å²) in [5.74, 6) is 0.407. The number of carbonyl (C=O) groups is 1. The van der Waals surface area contributed by atoms with Crippen LogP contribution in [-0.4, -0.2) is 38.6 Å². The summed E-state index contributed by atoms with van der Waals surface area (Å²) in [5.41, 5.74) is 0.789. The van der Waals surface area contributed by atoms with Gasteiger partial charge in [0.05, 0.1) is 19.7 Å². The van der Waals surface area contributed by atoms with E-state index in [0.717, 1.165) is 5.56 Å². The van der Waals surface area contributed by atoms with Crippen LogP contribution >= 0.6 is 0 Å². The van der Waals surface area contributed by atoms with Crippen LogP contribution in [0.3, 0.4) is 0 Å². The molecule has 3 N–H and O–H groups in total. The highest BCUT2D eigenvalue weighted by molar-refractivity contribution is 5.80. The third-order valence-electron chi connectivity index (χ3n) is 3.58. The molecule has 1 rings (SSSR count).